The second-order valence-electron chi connectivity index (χ2n) is 4.42. The highest BCUT2D eigenvalue weighted by atomic mass is 79.9. The Morgan fingerprint density at radius 3 is 2.67 bits per heavy atom. The number of halogens is 1. The molecule has 1 aromatic carbocycles. The SMILES string of the molecule is CN(C)C=Cc1c(C=O)c2cc(Br)ccc2n1C. The number of fused-ring (bicyclic) bond motifs is 1. The standard InChI is InChI=1S/C14H15BrN2O/c1-16(2)7-6-14-12(9-18)11-8-10(15)4-5-13(11)17(14)3/h4-9H,1-3H3. The molecular weight excluding hydrogens is 292 g/mol. The first-order valence-electron chi connectivity index (χ1n) is 5.62. The molecule has 3 nitrogen and oxygen atoms in total. The van der Waals surface area contributed by atoms with Crippen LogP contribution < -0.4 is 0 Å². The number of hydrogen-bond acceptors (Lipinski definition) is 2. The molecule has 0 unspecified atom stereocenters. The van der Waals surface area contributed by atoms with E-state index in [-0.39, 0.29) is 0 Å². The van der Waals surface area contributed by atoms with E-state index in [9.17, 15) is 4.79 Å². The normalized spacial score (nSPS) is 11.3. The van der Waals surface area contributed by atoms with Gasteiger partial charge in [-0.1, -0.05) is 15.9 Å². The molecule has 0 aliphatic heterocycles. The van der Waals surface area contributed by atoms with Crippen molar-refractivity contribution in [2.45, 2.75) is 0 Å². The van der Waals surface area contributed by atoms with Gasteiger partial charge in [-0.05, 0) is 24.3 Å². The molecule has 94 valence electrons. The number of benzene rings is 1. The molecule has 0 fully saturated rings. The third kappa shape index (κ3) is 2.20. The van der Waals surface area contributed by atoms with E-state index in [4.69, 9.17) is 0 Å². The van der Waals surface area contributed by atoms with Crippen LogP contribution in [-0.2, 0) is 7.05 Å². The molecule has 0 spiro atoms. The van der Waals surface area contributed by atoms with Gasteiger partial charge < -0.3 is 9.47 Å². The number of nitrogens with zero attached hydrogens (tertiary/aromatic N) is 2. The van der Waals surface area contributed by atoms with Crippen LogP contribution in [0, 0.1) is 0 Å². The Bertz CT molecular complexity index is 626. The lowest BCUT2D eigenvalue weighted by Crippen LogP contribution is -2.01. The van der Waals surface area contributed by atoms with E-state index in [1.165, 1.54) is 0 Å². The maximum absolute atomic E-state index is 11.3. The molecule has 2 aromatic rings. The minimum absolute atomic E-state index is 0.729. The van der Waals surface area contributed by atoms with Gasteiger partial charge in [-0.3, -0.25) is 4.79 Å². The summed E-state index contributed by atoms with van der Waals surface area (Å²) in [6.45, 7) is 0. The lowest BCUT2D eigenvalue weighted by Gasteiger charge is -2.04. The topological polar surface area (TPSA) is 25.2 Å². The molecule has 0 radical (unpaired) electrons. The highest BCUT2D eigenvalue weighted by Gasteiger charge is 2.12. The molecule has 1 heterocycles. The first-order valence-corrected chi connectivity index (χ1v) is 6.41. The fourth-order valence-corrected chi connectivity index (χ4v) is 2.37. The average molecular weight is 307 g/mol. The van der Waals surface area contributed by atoms with Gasteiger partial charge in [0.1, 0.15) is 0 Å². The summed E-state index contributed by atoms with van der Waals surface area (Å²) in [6.07, 6.45) is 4.82. The van der Waals surface area contributed by atoms with Crippen molar-refractivity contribution in [3.8, 4) is 0 Å². The highest BCUT2D eigenvalue weighted by molar-refractivity contribution is 9.10. The van der Waals surface area contributed by atoms with Crippen molar-refractivity contribution in [1.82, 2.24) is 9.47 Å². The number of carbonyl (C=O) groups is 1. The third-order valence-electron chi connectivity index (χ3n) is 2.90. The van der Waals surface area contributed by atoms with Crippen molar-refractivity contribution in [3.05, 3.63) is 40.1 Å². The molecule has 0 aliphatic rings. The fourth-order valence-electron chi connectivity index (χ4n) is 2.01. The Morgan fingerprint density at radius 1 is 1.33 bits per heavy atom. The van der Waals surface area contributed by atoms with Crippen molar-refractivity contribution in [3.63, 3.8) is 0 Å². The van der Waals surface area contributed by atoms with Gasteiger partial charge in [0.25, 0.3) is 0 Å². The summed E-state index contributed by atoms with van der Waals surface area (Å²) < 4.78 is 3.01. The molecule has 0 aliphatic carbocycles. The quantitative estimate of drug-likeness (QED) is 0.813. The molecule has 0 saturated carbocycles. The van der Waals surface area contributed by atoms with E-state index in [1.54, 1.807) is 0 Å². The molecule has 1 aromatic heterocycles. The zero-order chi connectivity index (χ0) is 13.3. The number of aldehydes is 1. The highest BCUT2D eigenvalue weighted by Crippen LogP contribution is 2.27. The Kier molecular flexibility index (Phi) is 3.57. The van der Waals surface area contributed by atoms with Crippen LogP contribution in [0.5, 0.6) is 0 Å². The van der Waals surface area contributed by atoms with Crippen LogP contribution in [0.1, 0.15) is 16.1 Å². The summed E-state index contributed by atoms with van der Waals surface area (Å²) in [7, 11) is 5.88. The van der Waals surface area contributed by atoms with E-state index in [0.717, 1.165) is 32.9 Å². The van der Waals surface area contributed by atoms with E-state index < -0.39 is 0 Å². The number of aromatic nitrogens is 1. The van der Waals surface area contributed by atoms with Crippen molar-refractivity contribution in [2.75, 3.05) is 14.1 Å². The molecule has 0 atom stereocenters. The van der Waals surface area contributed by atoms with Crippen LogP contribution >= 0.6 is 15.9 Å². The largest absolute Gasteiger partial charge is 0.383 e. The molecule has 18 heavy (non-hydrogen) atoms. The Balaban J connectivity index is 2.72. The molecule has 2 rings (SSSR count). The van der Waals surface area contributed by atoms with Crippen LogP contribution in [-0.4, -0.2) is 29.8 Å². The molecule has 0 N–H and O–H groups in total. The summed E-state index contributed by atoms with van der Waals surface area (Å²) in [5, 5.41) is 0.972. The zero-order valence-electron chi connectivity index (χ0n) is 10.6. The second kappa shape index (κ2) is 4.98. The van der Waals surface area contributed by atoms with Gasteiger partial charge in [0.05, 0.1) is 5.69 Å². The predicted molar refractivity (Wildman–Crippen MR) is 78.7 cm³/mol. The smallest absolute Gasteiger partial charge is 0.152 e. The Morgan fingerprint density at radius 2 is 2.06 bits per heavy atom. The lowest BCUT2D eigenvalue weighted by molar-refractivity contribution is 0.112. The maximum Gasteiger partial charge on any atom is 0.152 e. The van der Waals surface area contributed by atoms with E-state index >= 15 is 0 Å². The third-order valence-corrected chi connectivity index (χ3v) is 3.39. The second-order valence-corrected chi connectivity index (χ2v) is 5.33. The minimum atomic E-state index is 0.729. The molecular formula is C14H15BrN2O. The first-order chi connectivity index (χ1) is 8.54. The van der Waals surface area contributed by atoms with Crippen molar-refractivity contribution < 1.29 is 4.79 Å². The zero-order valence-corrected chi connectivity index (χ0v) is 12.2. The summed E-state index contributed by atoms with van der Waals surface area (Å²) in [4.78, 5) is 13.3. The van der Waals surface area contributed by atoms with Crippen LogP contribution in [0.15, 0.2) is 28.9 Å². The van der Waals surface area contributed by atoms with Crippen molar-refractivity contribution >= 4 is 39.2 Å². The predicted octanol–water partition coefficient (Wildman–Crippen LogP) is 3.29. The van der Waals surface area contributed by atoms with Gasteiger partial charge in [-0.25, -0.2) is 0 Å². The number of aryl methyl sites for hydroxylation is 1. The Hall–Kier alpha value is -1.55. The summed E-state index contributed by atoms with van der Waals surface area (Å²) in [5.41, 5.74) is 2.71. The van der Waals surface area contributed by atoms with Crippen molar-refractivity contribution in [2.24, 2.45) is 7.05 Å². The van der Waals surface area contributed by atoms with Crippen LogP contribution in [0.4, 0.5) is 0 Å². The van der Waals surface area contributed by atoms with Gasteiger partial charge in [0.2, 0.25) is 0 Å². The van der Waals surface area contributed by atoms with Gasteiger partial charge in [0, 0.05) is 48.3 Å². The van der Waals surface area contributed by atoms with Crippen LogP contribution in [0.2, 0.25) is 0 Å². The van der Waals surface area contributed by atoms with E-state index in [2.05, 4.69) is 15.9 Å². The molecule has 0 bridgehead atoms. The maximum atomic E-state index is 11.3. The van der Waals surface area contributed by atoms with Crippen LogP contribution in [0.3, 0.4) is 0 Å². The summed E-state index contributed by atoms with van der Waals surface area (Å²) in [5.74, 6) is 0. The van der Waals surface area contributed by atoms with Gasteiger partial charge in [-0.15, -0.1) is 0 Å². The first kappa shape index (κ1) is 12.9. The monoisotopic (exact) mass is 306 g/mol. The summed E-state index contributed by atoms with van der Waals surface area (Å²) in [6, 6.07) is 5.97. The van der Waals surface area contributed by atoms with Gasteiger partial charge in [0.15, 0.2) is 6.29 Å². The van der Waals surface area contributed by atoms with E-state index in [1.807, 2.05) is 61.1 Å². The average Bonchev–Trinajstić information content (AvgIpc) is 2.58. The number of rotatable bonds is 3. The minimum Gasteiger partial charge on any atom is -0.383 e. The van der Waals surface area contributed by atoms with E-state index in [0.29, 0.717) is 0 Å². The van der Waals surface area contributed by atoms with Gasteiger partial charge >= 0.3 is 0 Å². The lowest BCUT2D eigenvalue weighted by atomic mass is 10.1. The van der Waals surface area contributed by atoms with Crippen LogP contribution in [0.25, 0.3) is 17.0 Å². The molecule has 0 saturated heterocycles. The molecule has 4 heteroatoms. The van der Waals surface area contributed by atoms with Crippen molar-refractivity contribution in [1.29, 1.82) is 0 Å². The fraction of sp³-hybridized carbons (Fsp3) is 0.214. The number of hydrogen-bond donors (Lipinski definition) is 0. The molecule has 0 amide bonds. The number of carbonyl (C=O) groups excluding carboxylic acids is 1. The Labute approximate surface area is 115 Å². The summed E-state index contributed by atoms with van der Waals surface area (Å²) >= 11 is 3.44. The van der Waals surface area contributed by atoms with Gasteiger partial charge in [-0.2, -0.15) is 0 Å².